The zero-order chi connectivity index (χ0) is 19.9. The third kappa shape index (κ3) is 6.47. The van der Waals surface area contributed by atoms with E-state index in [0.29, 0.717) is 11.1 Å². The van der Waals surface area contributed by atoms with Crippen LogP contribution < -0.4 is 4.57 Å². The highest BCUT2D eigenvalue weighted by molar-refractivity contribution is 7.85. The Kier molecular flexibility index (Phi) is 7.05. The van der Waals surface area contributed by atoms with Crippen molar-refractivity contribution in [3.05, 3.63) is 95.3 Å². The van der Waals surface area contributed by atoms with Crippen molar-refractivity contribution in [2.24, 2.45) is 0 Å². The third-order valence-corrected chi connectivity index (χ3v) is 4.98. The summed E-state index contributed by atoms with van der Waals surface area (Å²) in [6, 6.07) is 19.7. The molecule has 0 radical (unpaired) electrons. The fraction of sp³-hybridized carbons (Fsp3) is 0.136. The number of aryl methyl sites for hydroxylation is 3. The monoisotopic (exact) mass is 381 g/mol. The van der Waals surface area contributed by atoms with Crippen molar-refractivity contribution in [2.45, 2.75) is 25.7 Å². The topological polar surface area (TPSA) is 61.1 Å². The third-order valence-electron chi connectivity index (χ3n) is 3.83. The second-order valence-electron chi connectivity index (χ2n) is 6.23. The summed E-state index contributed by atoms with van der Waals surface area (Å²) in [5, 5.41) is 0. The van der Waals surface area contributed by atoms with Gasteiger partial charge in [-0.25, -0.2) is 8.42 Å². The highest BCUT2D eigenvalue weighted by atomic mass is 32.2. The molecule has 0 N–H and O–H groups in total. The van der Waals surface area contributed by atoms with Gasteiger partial charge in [-0.1, -0.05) is 54.1 Å². The van der Waals surface area contributed by atoms with Gasteiger partial charge in [-0.3, -0.25) is 0 Å². The molecule has 0 fully saturated rings. The van der Waals surface area contributed by atoms with Crippen LogP contribution in [0, 0.1) is 20.8 Å². The lowest BCUT2D eigenvalue weighted by molar-refractivity contribution is -0.567. The second-order valence-corrected chi connectivity index (χ2v) is 7.55. The van der Waals surface area contributed by atoms with Gasteiger partial charge in [-0.05, 0) is 37.5 Å². The molecule has 0 bridgehead atoms. The Hall–Kier alpha value is -2.76. The van der Waals surface area contributed by atoms with Crippen molar-refractivity contribution in [3.63, 3.8) is 0 Å². The molecule has 0 spiro atoms. The largest absolute Gasteiger partial charge is 0.744 e. The van der Waals surface area contributed by atoms with E-state index in [-0.39, 0.29) is 4.90 Å². The van der Waals surface area contributed by atoms with Crippen LogP contribution in [-0.4, -0.2) is 13.0 Å². The van der Waals surface area contributed by atoms with E-state index in [4.69, 9.17) is 0 Å². The molecule has 1 aromatic heterocycles. The summed E-state index contributed by atoms with van der Waals surface area (Å²) in [5.74, 6) is 0. The lowest BCUT2D eigenvalue weighted by atomic mass is 10.1. The van der Waals surface area contributed by atoms with Gasteiger partial charge in [-0.2, -0.15) is 4.57 Å². The molecule has 4 nitrogen and oxygen atoms in total. The maximum absolute atomic E-state index is 10.8. The van der Waals surface area contributed by atoms with Gasteiger partial charge >= 0.3 is 0 Å². The van der Waals surface area contributed by atoms with Crippen LogP contribution in [0.3, 0.4) is 0 Å². The van der Waals surface area contributed by atoms with Gasteiger partial charge < -0.3 is 4.55 Å². The van der Waals surface area contributed by atoms with Gasteiger partial charge in [0.25, 0.3) is 0 Å². The first-order valence-electron chi connectivity index (χ1n) is 8.50. The summed E-state index contributed by atoms with van der Waals surface area (Å²) in [7, 11) is -4.33. The van der Waals surface area contributed by atoms with Gasteiger partial charge in [0.05, 0.1) is 4.90 Å². The van der Waals surface area contributed by atoms with E-state index in [2.05, 4.69) is 18.2 Å². The van der Waals surface area contributed by atoms with Crippen molar-refractivity contribution in [1.29, 1.82) is 0 Å². The zero-order valence-electron chi connectivity index (χ0n) is 15.7. The second kappa shape index (κ2) is 9.26. The molecular formula is C22H23NO3S. The molecule has 0 amide bonds. The number of hydrogen-bond acceptors (Lipinski definition) is 3. The molecule has 3 aromatic rings. The molecule has 1 heterocycles. The van der Waals surface area contributed by atoms with E-state index in [9.17, 15) is 13.0 Å². The average Bonchev–Trinajstić information content (AvgIpc) is 2.60. The smallest absolute Gasteiger partial charge is 0.175 e. The van der Waals surface area contributed by atoms with Crippen LogP contribution in [0.15, 0.2) is 78.0 Å². The molecular weight excluding hydrogens is 358 g/mol. The summed E-state index contributed by atoms with van der Waals surface area (Å²) in [6.07, 6.45) is 8.15. The molecule has 2 aromatic carbocycles. The van der Waals surface area contributed by atoms with E-state index in [1.807, 2.05) is 66.5 Å². The first-order valence-corrected chi connectivity index (χ1v) is 9.91. The first kappa shape index (κ1) is 20.6. The number of hydrogen-bond donors (Lipinski definition) is 0. The quantitative estimate of drug-likeness (QED) is 0.506. The number of nitrogens with zero attached hydrogens (tertiary/aromatic N) is 1. The van der Waals surface area contributed by atoms with Crippen LogP contribution in [0.4, 0.5) is 0 Å². The van der Waals surface area contributed by atoms with Crippen LogP contribution >= 0.6 is 0 Å². The van der Waals surface area contributed by atoms with Crippen molar-refractivity contribution >= 4 is 22.4 Å². The Morgan fingerprint density at radius 1 is 0.852 bits per heavy atom. The van der Waals surface area contributed by atoms with E-state index >= 15 is 0 Å². The van der Waals surface area contributed by atoms with E-state index in [1.165, 1.54) is 5.56 Å². The maximum atomic E-state index is 10.8. The van der Waals surface area contributed by atoms with Gasteiger partial charge in [0.1, 0.15) is 10.1 Å². The molecule has 0 unspecified atom stereocenters. The summed E-state index contributed by atoms with van der Waals surface area (Å²) >= 11 is 0. The van der Waals surface area contributed by atoms with Crippen molar-refractivity contribution < 1.29 is 17.5 Å². The average molecular weight is 381 g/mol. The Labute approximate surface area is 161 Å². The van der Waals surface area contributed by atoms with Crippen molar-refractivity contribution in [2.75, 3.05) is 0 Å². The van der Waals surface area contributed by atoms with Gasteiger partial charge in [0.15, 0.2) is 18.6 Å². The number of aromatic nitrogens is 1. The Balaban J connectivity index is 0.000000194. The highest BCUT2D eigenvalue weighted by Gasteiger charge is 2.09. The number of pyridine rings is 1. The van der Waals surface area contributed by atoms with Gasteiger partial charge in [0.2, 0.25) is 0 Å². The summed E-state index contributed by atoms with van der Waals surface area (Å²) in [5.41, 5.74) is 3.21. The van der Waals surface area contributed by atoms with Crippen LogP contribution in [0.25, 0.3) is 12.3 Å². The van der Waals surface area contributed by atoms with Crippen molar-refractivity contribution in [3.8, 4) is 0 Å². The molecule has 0 aliphatic rings. The molecule has 3 rings (SSSR count). The fourth-order valence-electron chi connectivity index (χ4n) is 2.81. The van der Waals surface area contributed by atoms with Crippen LogP contribution in [-0.2, 0) is 10.1 Å². The minimum atomic E-state index is -4.33. The molecule has 0 saturated carbocycles. The van der Waals surface area contributed by atoms with Crippen molar-refractivity contribution in [1.82, 2.24) is 0 Å². The Morgan fingerprint density at radius 3 is 1.89 bits per heavy atom. The van der Waals surface area contributed by atoms with E-state index in [1.54, 1.807) is 26.0 Å². The molecule has 0 saturated heterocycles. The number of benzene rings is 2. The standard InChI is InChI=1S/C13H12N.C9H12O3S/c1-3-7-13(8-4-1)9-12-14-10-5-2-6-11-14;1-6-4-7(2)9(8(3)5-6)13(10,11)12/h1-12H;4-5H,1-3H3,(H,10,11,12)/q+1;/p-1. The zero-order valence-corrected chi connectivity index (χ0v) is 16.5. The predicted molar refractivity (Wildman–Crippen MR) is 107 cm³/mol. The molecule has 140 valence electrons. The number of rotatable bonds is 3. The Morgan fingerprint density at radius 2 is 1.37 bits per heavy atom. The lowest BCUT2D eigenvalue weighted by Crippen LogP contribution is -2.23. The molecule has 0 atom stereocenters. The highest BCUT2D eigenvalue weighted by Crippen LogP contribution is 2.20. The van der Waals surface area contributed by atoms with E-state index < -0.39 is 10.1 Å². The minimum absolute atomic E-state index is 0.0851. The molecule has 5 heteroatoms. The minimum Gasteiger partial charge on any atom is -0.744 e. The Bertz CT molecular complexity index is 947. The van der Waals surface area contributed by atoms with Gasteiger partial charge in [-0.15, -0.1) is 0 Å². The lowest BCUT2D eigenvalue weighted by Gasteiger charge is -2.14. The van der Waals surface area contributed by atoms with Crippen LogP contribution in [0.5, 0.6) is 0 Å². The summed E-state index contributed by atoms with van der Waals surface area (Å²) < 4.78 is 34.5. The normalized spacial score (nSPS) is 11.1. The van der Waals surface area contributed by atoms with Crippen LogP contribution in [0.1, 0.15) is 22.3 Å². The molecule has 27 heavy (non-hydrogen) atoms. The first-order chi connectivity index (χ1) is 12.8. The fourth-order valence-corrected chi connectivity index (χ4v) is 3.72. The maximum Gasteiger partial charge on any atom is 0.175 e. The summed E-state index contributed by atoms with van der Waals surface area (Å²) in [6.45, 7) is 5.12. The molecule has 0 aliphatic carbocycles. The SMILES string of the molecule is C(=C[n+]1ccccc1)c1ccccc1.Cc1cc(C)c(S(=O)(=O)[O-])c(C)c1. The van der Waals surface area contributed by atoms with Crippen LogP contribution in [0.2, 0.25) is 0 Å². The summed E-state index contributed by atoms with van der Waals surface area (Å²) in [4.78, 5) is -0.0851. The van der Waals surface area contributed by atoms with E-state index in [0.717, 1.165) is 5.56 Å². The predicted octanol–water partition coefficient (Wildman–Crippen LogP) is 4.12. The van der Waals surface area contributed by atoms with Gasteiger partial charge in [0, 0.05) is 18.2 Å². The molecule has 0 aliphatic heterocycles.